The van der Waals surface area contributed by atoms with Crippen molar-refractivity contribution in [2.75, 3.05) is 6.54 Å². The summed E-state index contributed by atoms with van der Waals surface area (Å²) in [5.74, 6) is 1.79. The minimum absolute atomic E-state index is 0.00772. The first-order valence-electron chi connectivity index (χ1n) is 8.02. The molecular formula is C18H23N3O. The summed E-state index contributed by atoms with van der Waals surface area (Å²) in [4.78, 5) is 16.7. The van der Waals surface area contributed by atoms with Gasteiger partial charge in [-0.05, 0) is 38.8 Å². The van der Waals surface area contributed by atoms with Gasteiger partial charge in [0.2, 0.25) is 0 Å². The van der Waals surface area contributed by atoms with Gasteiger partial charge in [0.15, 0.2) is 0 Å². The molecule has 22 heavy (non-hydrogen) atoms. The maximum atomic E-state index is 12.2. The number of rotatable bonds is 5. The lowest BCUT2D eigenvalue weighted by Crippen LogP contribution is -2.28. The molecule has 1 amide bonds. The van der Waals surface area contributed by atoms with Crippen molar-refractivity contribution >= 4 is 5.91 Å². The van der Waals surface area contributed by atoms with Gasteiger partial charge >= 0.3 is 0 Å². The van der Waals surface area contributed by atoms with Crippen LogP contribution in [0.1, 0.15) is 52.6 Å². The standard InChI is InChI=1S/C18H23N3O/c1-13-5-3-8-16(11-13)18(22)19-9-10-21-14(2)12-20-17(21)15-6-4-7-15/h3,5,8,11-12,15H,4,6-7,9-10H2,1-2H3,(H,19,22). The molecule has 1 saturated carbocycles. The highest BCUT2D eigenvalue weighted by Gasteiger charge is 2.24. The summed E-state index contributed by atoms with van der Waals surface area (Å²) >= 11 is 0. The highest BCUT2D eigenvalue weighted by molar-refractivity contribution is 5.94. The van der Waals surface area contributed by atoms with Crippen LogP contribution in [0.15, 0.2) is 30.5 Å². The molecule has 1 aromatic heterocycles. The van der Waals surface area contributed by atoms with Gasteiger partial charge in [-0.15, -0.1) is 0 Å². The third-order valence-electron chi connectivity index (χ3n) is 4.46. The van der Waals surface area contributed by atoms with Crippen molar-refractivity contribution in [2.24, 2.45) is 0 Å². The summed E-state index contributed by atoms with van der Waals surface area (Å²) in [7, 11) is 0. The molecule has 0 bridgehead atoms. The molecule has 1 aliphatic carbocycles. The van der Waals surface area contributed by atoms with Crippen molar-refractivity contribution < 1.29 is 4.79 Å². The van der Waals surface area contributed by atoms with E-state index in [2.05, 4.69) is 21.8 Å². The van der Waals surface area contributed by atoms with Gasteiger partial charge in [0.05, 0.1) is 0 Å². The number of carbonyl (C=O) groups is 1. The van der Waals surface area contributed by atoms with Gasteiger partial charge in [-0.1, -0.05) is 24.1 Å². The Labute approximate surface area is 131 Å². The molecule has 1 aromatic carbocycles. The normalized spacial score (nSPS) is 14.6. The highest BCUT2D eigenvalue weighted by atomic mass is 16.1. The molecule has 3 rings (SSSR count). The summed E-state index contributed by atoms with van der Waals surface area (Å²) in [5, 5.41) is 3.01. The van der Waals surface area contributed by atoms with Gasteiger partial charge in [-0.25, -0.2) is 4.98 Å². The maximum Gasteiger partial charge on any atom is 0.251 e. The fourth-order valence-corrected chi connectivity index (χ4v) is 2.93. The van der Waals surface area contributed by atoms with Crippen molar-refractivity contribution in [3.63, 3.8) is 0 Å². The smallest absolute Gasteiger partial charge is 0.251 e. The first-order chi connectivity index (χ1) is 10.6. The highest BCUT2D eigenvalue weighted by Crippen LogP contribution is 2.35. The Bertz CT molecular complexity index is 671. The first-order valence-corrected chi connectivity index (χ1v) is 8.02. The van der Waals surface area contributed by atoms with Crippen LogP contribution in [0.25, 0.3) is 0 Å². The molecule has 4 nitrogen and oxygen atoms in total. The van der Waals surface area contributed by atoms with Gasteiger partial charge in [-0.2, -0.15) is 0 Å². The fourth-order valence-electron chi connectivity index (χ4n) is 2.93. The number of benzene rings is 1. The number of aryl methyl sites for hydroxylation is 2. The fraction of sp³-hybridized carbons (Fsp3) is 0.444. The molecule has 0 unspecified atom stereocenters. The van der Waals surface area contributed by atoms with Crippen LogP contribution in [0.4, 0.5) is 0 Å². The number of nitrogens with zero attached hydrogens (tertiary/aromatic N) is 2. The molecule has 1 heterocycles. The average molecular weight is 297 g/mol. The van der Waals surface area contributed by atoms with Gasteiger partial charge < -0.3 is 9.88 Å². The molecule has 116 valence electrons. The summed E-state index contributed by atoms with van der Waals surface area (Å²) < 4.78 is 2.25. The van der Waals surface area contributed by atoms with Crippen molar-refractivity contribution in [1.29, 1.82) is 0 Å². The molecule has 0 saturated heterocycles. The topological polar surface area (TPSA) is 46.9 Å². The maximum absolute atomic E-state index is 12.2. The van der Waals surface area contributed by atoms with Crippen LogP contribution in [0.5, 0.6) is 0 Å². The minimum atomic E-state index is -0.00772. The van der Waals surface area contributed by atoms with E-state index < -0.39 is 0 Å². The zero-order chi connectivity index (χ0) is 15.5. The Hall–Kier alpha value is -2.10. The van der Waals surface area contributed by atoms with Crippen LogP contribution in [0.3, 0.4) is 0 Å². The molecule has 0 atom stereocenters. The lowest BCUT2D eigenvalue weighted by molar-refractivity contribution is 0.0952. The van der Waals surface area contributed by atoms with Crippen LogP contribution in [0, 0.1) is 13.8 Å². The zero-order valence-electron chi connectivity index (χ0n) is 13.3. The SMILES string of the molecule is Cc1cccc(C(=O)NCCn2c(C)cnc2C2CCC2)c1. The van der Waals surface area contributed by atoms with Gasteiger partial charge in [0.1, 0.15) is 5.82 Å². The Balaban J connectivity index is 1.59. The number of imidazole rings is 1. The van der Waals surface area contributed by atoms with E-state index in [0.717, 1.165) is 17.7 Å². The Morgan fingerprint density at radius 2 is 2.18 bits per heavy atom. The van der Waals surface area contributed by atoms with E-state index in [-0.39, 0.29) is 5.91 Å². The van der Waals surface area contributed by atoms with Gasteiger partial charge in [0, 0.05) is 36.5 Å². The molecule has 0 spiro atoms. The van der Waals surface area contributed by atoms with Gasteiger partial charge in [-0.3, -0.25) is 4.79 Å². The lowest BCUT2D eigenvalue weighted by atomic mass is 9.85. The average Bonchev–Trinajstić information content (AvgIpc) is 2.79. The van der Waals surface area contributed by atoms with Crippen molar-refractivity contribution in [2.45, 2.75) is 45.6 Å². The number of hydrogen-bond acceptors (Lipinski definition) is 2. The van der Waals surface area contributed by atoms with Crippen molar-refractivity contribution in [1.82, 2.24) is 14.9 Å². The van der Waals surface area contributed by atoms with E-state index >= 15 is 0 Å². The van der Waals surface area contributed by atoms with E-state index in [0.29, 0.717) is 12.5 Å². The molecular weight excluding hydrogens is 274 g/mol. The quantitative estimate of drug-likeness (QED) is 0.921. The zero-order valence-corrected chi connectivity index (χ0v) is 13.3. The number of hydrogen-bond donors (Lipinski definition) is 1. The molecule has 4 heteroatoms. The van der Waals surface area contributed by atoms with E-state index in [4.69, 9.17) is 0 Å². The second-order valence-electron chi connectivity index (χ2n) is 6.16. The predicted octanol–water partition coefficient (Wildman–Crippen LogP) is 3.20. The molecule has 2 aromatic rings. The first kappa shape index (κ1) is 14.8. The van der Waals surface area contributed by atoms with E-state index in [1.807, 2.05) is 37.4 Å². The second-order valence-corrected chi connectivity index (χ2v) is 6.16. The molecule has 1 aliphatic rings. The van der Waals surface area contributed by atoms with E-state index in [1.165, 1.54) is 30.8 Å². The minimum Gasteiger partial charge on any atom is -0.350 e. The van der Waals surface area contributed by atoms with Crippen LogP contribution < -0.4 is 5.32 Å². The summed E-state index contributed by atoms with van der Waals surface area (Å²) in [6.45, 7) is 5.49. The number of aromatic nitrogens is 2. The van der Waals surface area contributed by atoms with Gasteiger partial charge in [0.25, 0.3) is 5.91 Å². The van der Waals surface area contributed by atoms with Crippen molar-refractivity contribution in [3.05, 3.63) is 53.1 Å². The molecule has 1 N–H and O–H groups in total. The van der Waals surface area contributed by atoms with Crippen LogP contribution >= 0.6 is 0 Å². The molecule has 0 radical (unpaired) electrons. The third kappa shape index (κ3) is 3.06. The monoisotopic (exact) mass is 297 g/mol. The van der Waals surface area contributed by atoms with Crippen molar-refractivity contribution in [3.8, 4) is 0 Å². The molecule has 1 fully saturated rings. The number of amides is 1. The predicted molar refractivity (Wildman–Crippen MR) is 87.1 cm³/mol. The van der Waals surface area contributed by atoms with Crippen LogP contribution in [-0.2, 0) is 6.54 Å². The lowest BCUT2D eigenvalue weighted by Gasteiger charge is -2.26. The van der Waals surface area contributed by atoms with Crippen LogP contribution in [0.2, 0.25) is 0 Å². The van der Waals surface area contributed by atoms with E-state index in [1.54, 1.807) is 0 Å². The number of nitrogens with one attached hydrogen (secondary N) is 1. The largest absolute Gasteiger partial charge is 0.350 e. The summed E-state index contributed by atoms with van der Waals surface area (Å²) in [5.41, 5.74) is 3.00. The Kier molecular flexibility index (Phi) is 4.27. The van der Waals surface area contributed by atoms with Crippen LogP contribution in [-0.4, -0.2) is 22.0 Å². The summed E-state index contributed by atoms with van der Waals surface area (Å²) in [6.07, 6.45) is 5.73. The Morgan fingerprint density at radius 1 is 1.36 bits per heavy atom. The molecule has 0 aliphatic heterocycles. The Morgan fingerprint density at radius 3 is 2.86 bits per heavy atom. The summed E-state index contributed by atoms with van der Waals surface area (Å²) in [6, 6.07) is 7.68. The van der Waals surface area contributed by atoms with E-state index in [9.17, 15) is 4.79 Å². The second kappa shape index (κ2) is 6.34. The third-order valence-corrected chi connectivity index (χ3v) is 4.46. The number of carbonyl (C=O) groups excluding carboxylic acids is 1.